The van der Waals surface area contributed by atoms with E-state index in [1.165, 1.54) is 0 Å². The van der Waals surface area contributed by atoms with Gasteiger partial charge in [0.25, 0.3) is 0 Å². The van der Waals surface area contributed by atoms with E-state index in [0.29, 0.717) is 5.88 Å². The van der Waals surface area contributed by atoms with Crippen molar-refractivity contribution in [2.75, 3.05) is 0 Å². The third kappa shape index (κ3) is 1.98. The predicted octanol–water partition coefficient (Wildman–Crippen LogP) is 4.31. The number of rotatable bonds is 2. The zero-order valence-electron chi connectivity index (χ0n) is 11.2. The number of alkyl halides is 1. The first-order chi connectivity index (χ1) is 10.4. The van der Waals surface area contributed by atoms with Crippen molar-refractivity contribution in [3.63, 3.8) is 0 Å². The molecule has 0 unspecified atom stereocenters. The third-order valence-corrected chi connectivity index (χ3v) is 3.89. The quantitative estimate of drug-likeness (QED) is 0.516. The van der Waals surface area contributed by atoms with Crippen LogP contribution in [0.5, 0.6) is 0 Å². The van der Waals surface area contributed by atoms with Crippen LogP contribution in [0.15, 0.2) is 60.8 Å². The molecule has 4 heteroatoms. The molecule has 4 rings (SSSR count). The van der Waals surface area contributed by atoms with Crippen molar-refractivity contribution in [3.8, 4) is 5.82 Å². The van der Waals surface area contributed by atoms with E-state index >= 15 is 0 Å². The fourth-order valence-corrected chi connectivity index (χ4v) is 2.77. The molecule has 2 aromatic heterocycles. The topological polar surface area (TPSA) is 30.7 Å². The second kappa shape index (κ2) is 4.86. The molecule has 2 aromatic carbocycles. The number of benzene rings is 2. The van der Waals surface area contributed by atoms with Gasteiger partial charge in [-0.1, -0.05) is 36.4 Å². The Labute approximate surface area is 126 Å². The second-order valence-electron chi connectivity index (χ2n) is 4.91. The van der Waals surface area contributed by atoms with Crippen molar-refractivity contribution >= 4 is 33.4 Å². The molecule has 0 aliphatic heterocycles. The van der Waals surface area contributed by atoms with Crippen molar-refractivity contribution in [3.05, 3.63) is 66.4 Å². The summed E-state index contributed by atoms with van der Waals surface area (Å²) in [6.45, 7) is 0. The molecule has 4 aromatic rings. The number of aromatic nitrogens is 3. The Morgan fingerprint density at radius 1 is 0.952 bits per heavy atom. The highest BCUT2D eigenvalue weighted by Gasteiger charge is 2.11. The molecule has 0 saturated heterocycles. The standard InChI is InChI=1S/C17H12ClN3/c18-10-14-9-12-5-1-3-7-15(12)20-17(14)21-16-8-4-2-6-13(16)11-19-21/h1-9,11H,10H2. The Hall–Kier alpha value is -2.39. The van der Waals surface area contributed by atoms with Crippen LogP contribution in [0.1, 0.15) is 5.56 Å². The molecule has 0 aliphatic rings. The fourth-order valence-electron chi connectivity index (χ4n) is 2.57. The molecule has 2 heterocycles. The van der Waals surface area contributed by atoms with E-state index in [9.17, 15) is 0 Å². The molecule has 3 nitrogen and oxygen atoms in total. The normalized spacial score (nSPS) is 11.3. The molecular weight excluding hydrogens is 282 g/mol. The number of nitrogens with zero attached hydrogens (tertiary/aromatic N) is 3. The van der Waals surface area contributed by atoms with E-state index < -0.39 is 0 Å². The van der Waals surface area contributed by atoms with Crippen molar-refractivity contribution in [2.24, 2.45) is 0 Å². The van der Waals surface area contributed by atoms with Gasteiger partial charge in [-0.05, 0) is 18.2 Å². The van der Waals surface area contributed by atoms with Crippen LogP contribution in [0, 0.1) is 0 Å². The van der Waals surface area contributed by atoms with Crippen molar-refractivity contribution in [1.82, 2.24) is 14.8 Å². The molecule has 0 aliphatic carbocycles. The lowest BCUT2D eigenvalue weighted by molar-refractivity contribution is 0.869. The van der Waals surface area contributed by atoms with Gasteiger partial charge in [0.15, 0.2) is 5.82 Å². The van der Waals surface area contributed by atoms with Gasteiger partial charge in [-0.3, -0.25) is 0 Å². The fraction of sp³-hybridized carbons (Fsp3) is 0.0588. The van der Waals surface area contributed by atoms with E-state index in [4.69, 9.17) is 16.6 Å². The van der Waals surface area contributed by atoms with Gasteiger partial charge in [-0.15, -0.1) is 11.6 Å². The monoisotopic (exact) mass is 293 g/mol. The summed E-state index contributed by atoms with van der Waals surface area (Å²) < 4.78 is 1.86. The van der Waals surface area contributed by atoms with E-state index in [1.54, 1.807) is 0 Å². The lowest BCUT2D eigenvalue weighted by Crippen LogP contribution is -2.03. The number of hydrogen-bond acceptors (Lipinski definition) is 2. The van der Waals surface area contributed by atoms with Gasteiger partial charge < -0.3 is 0 Å². The van der Waals surface area contributed by atoms with Crippen LogP contribution in [0.25, 0.3) is 27.6 Å². The summed E-state index contributed by atoms with van der Waals surface area (Å²) in [5.41, 5.74) is 2.96. The largest absolute Gasteiger partial charge is 0.228 e. The Bertz CT molecular complexity index is 943. The minimum atomic E-state index is 0.404. The Morgan fingerprint density at radius 3 is 2.57 bits per heavy atom. The lowest BCUT2D eigenvalue weighted by atomic mass is 10.1. The summed E-state index contributed by atoms with van der Waals surface area (Å²) >= 11 is 6.12. The average Bonchev–Trinajstić information content (AvgIpc) is 2.97. The van der Waals surface area contributed by atoms with Crippen LogP contribution in [-0.2, 0) is 5.88 Å². The van der Waals surface area contributed by atoms with Crippen LogP contribution >= 0.6 is 11.6 Å². The summed E-state index contributed by atoms with van der Waals surface area (Å²) in [4.78, 5) is 4.75. The first-order valence-electron chi connectivity index (χ1n) is 6.74. The molecule has 102 valence electrons. The van der Waals surface area contributed by atoms with Gasteiger partial charge in [-0.25, -0.2) is 9.67 Å². The second-order valence-corrected chi connectivity index (χ2v) is 5.18. The lowest BCUT2D eigenvalue weighted by Gasteiger charge is -2.09. The maximum atomic E-state index is 6.12. The van der Waals surface area contributed by atoms with Crippen LogP contribution in [0.2, 0.25) is 0 Å². The van der Waals surface area contributed by atoms with Gasteiger partial charge in [0, 0.05) is 16.3 Å². The van der Waals surface area contributed by atoms with E-state index in [-0.39, 0.29) is 0 Å². The molecule has 0 N–H and O–H groups in total. The van der Waals surface area contributed by atoms with Gasteiger partial charge in [-0.2, -0.15) is 5.10 Å². The first kappa shape index (κ1) is 12.4. The zero-order valence-corrected chi connectivity index (χ0v) is 12.0. The smallest absolute Gasteiger partial charge is 0.159 e. The highest BCUT2D eigenvalue weighted by Crippen LogP contribution is 2.24. The number of halogens is 1. The zero-order chi connectivity index (χ0) is 14.2. The van der Waals surface area contributed by atoms with Crippen LogP contribution in [0.4, 0.5) is 0 Å². The summed E-state index contributed by atoms with van der Waals surface area (Å²) in [7, 11) is 0. The van der Waals surface area contributed by atoms with Gasteiger partial charge >= 0.3 is 0 Å². The van der Waals surface area contributed by atoms with Crippen molar-refractivity contribution in [2.45, 2.75) is 5.88 Å². The first-order valence-corrected chi connectivity index (χ1v) is 7.28. The minimum Gasteiger partial charge on any atom is -0.228 e. The average molecular weight is 294 g/mol. The predicted molar refractivity (Wildman–Crippen MR) is 85.9 cm³/mol. The van der Waals surface area contributed by atoms with Gasteiger partial charge in [0.05, 0.1) is 23.1 Å². The van der Waals surface area contributed by atoms with Gasteiger partial charge in [0.2, 0.25) is 0 Å². The maximum Gasteiger partial charge on any atom is 0.159 e. The van der Waals surface area contributed by atoms with Gasteiger partial charge in [0.1, 0.15) is 0 Å². The number of pyridine rings is 1. The number of fused-ring (bicyclic) bond motifs is 2. The summed E-state index contributed by atoms with van der Waals surface area (Å²) in [6, 6.07) is 18.2. The highest BCUT2D eigenvalue weighted by molar-refractivity contribution is 6.17. The SMILES string of the molecule is ClCc1cc2ccccc2nc1-n1ncc2ccccc21. The molecule has 0 spiro atoms. The van der Waals surface area contributed by atoms with Crippen molar-refractivity contribution < 1.29 is 0 Å². The molecule has 0 saturated carbocycles. The Morgan fingerprint density at radius 2 is 1.71 bits per heavy atom. The van der Waals surface area contributed by atoms with Crippen molar-refractivity contribution in [1.29, 1.82) is 0 Å². The van der Waals surface area contributed by atoms with Crippen LogP contribution in [-0.4, -0.2) is 14.8 Å². The maximum absolute atomic E-state index is 6.12. The van der Waals surface area contributed by atoms with Crippen LogP contribution < -0.4 is 0 Å². The molecular formula is C17H12ClN3. The van der Waals surface area contributed by atoms with E-state index in [1.807, 2.05) is 59.4 Å². The Balaban J connectivity index is 2.04. The van der Waals surface area contributed by atoms with E-state index in [2.05, 4.69) is 11.2 Å². The summed E-state index contributed by atoms with van der Waals surface area (Å²) in [5.74, 6) is 1.20. The molecule has 0 bridgehead atoms. The summed E-state index contributed by atoms with van der Waals surface area (Å²) in [5, 5.41) is 6.66. The summed E-state index contributed by atoms with van der Waals surface area (Å²) in [6.07, 6.45) is 1.85. The molecule has 0 amide bonds. The van der Waals surface area contributed by atoms with Crippen LogP contribution in [0.3, 0.4) is 0 Å². The van der Waals surface area contributed by atoms with E-state index in [0.717, 1.165) is 33.2 Å². The number of hydrogen-bond donors (Lipinski definition) is 0. The highest BCUT2D eigenvalue weighted by atomic mass is 35.5. The molecule has 21 heavy (non-hydrogen) atoms. The molecule has 0 radical (unpaired) electrons. The Kier molecular flexibility index (Phi) is 2.86. The molecule has 0 fully saturated rings. The third-order valence-electron chi connectivity index (χ3n) is 3.60. The number of para-hydroxylation sites is 2. The molecule has 0 atom stereocenters. The minimum absolute atomic E-state index is 0.404.